The number of aliphatic carboxylic acids is 1. The van der Waals surface area contributed by atoms with Gasteiger partial charge in [-0.3, -0.25) is 9.69 Å². The average molecular weight is 211 g/mol. The molecule has 5 N–H and O–H groups in total. The highest BCUT2D eigenvalue weighted by atomic mass is 16.4. The van der Waals surface area contributed by atoms with Gasteiger partial charge in [-0.1, -0.05) is 0 Å². The summed E-state index contributed by atoms with van der Waals surface area (Å²) in [5.41, 5.74) is 11.6. The number of nitrogen functional groups attached to an aromatic ring is 2. The summed E-state index contributed by atoms with van der Waals surface area (Å²) in [7, 11) is 1.67. The van der Waals surface area contributed by atoms with Crippen LogP contribution in [-0.4, -0.2) is 39.5 Å². The van der Waals surface area contributed by atoms with Crippen LogP contribution in [0.3, 0.4) is 0 Å². The molecule has 1 rings (SSSR count). The first-order valence-electron chi connectivity index (χ1n) is 4.26. The van der Waals surface area contributed by atoms with Crippen molar-refractivity contribution in [3.05, 3.63) is 11.8 Å². The van der Waals surface area contributed by atoms with Gasteiger partial charge in [-0.2, -0.15) is 4.98 Å². The summed E-state index contributed by atoms with van der Waals surface area (Å²) in [6.07, 6.45) is 1.50. The zero-order valence-corrected chi connectivity index (χ0v) is 8.34. The van der Waals surface area contributed by atoms with E-state index in [4.69, 9.17) is 16.6 Å². The van der Waals surface area contributed by atoms with Crippen LogP contribution in [0.15, 0.2) is 6.20 Å². The Bertz CT molecular complexity index is 368. The van der Waals surface area contributed by atoms with Crippen LogP contribution in [0.2, 0.25) is 0 Å². The van der Waals surface area contributed by atoms with Crippen LogP contribution in [-0.2, 0) is 11.3 Å². The van der Waals surface area contributed by atoms with Gasteiger partial charge in [0.1, 0.15) is 5.82 Å². The van der Waals surface area contributed by atoms with E-state index in [9.17, 15) is 4.79 Å². The van der Waals surface area contributed by atoms with Crippen molar-refractivity contribution in [3.63, 3.8) is 0 Å². The third-order valence-corrected chi connectivity index (χ3v) is 1.76. The maximum absolute atomic E-state index is 10.4. The van der Waals surface area contributed by atoms with E-state index >= 15 is 0 Å². The first kappa shape index (κ1) is 11.2. The molecule has 1 aromatic rings. The van der Waals surface area contributed by atoms with Crippen molar-refractivity contribution in [1.82, 2.24) is 14.9 Å². The number of nitrogens with zero attached hydrogens (tertiary/aromatic N) is 3. The summed E-state index contributed by atoms with van der Waals surface area (Å²) in [4.78, 5) is 19.6. The predicted octanol–water partition coefficient (Wildman–Crippen LogP) is -0.843. The van der Waals surface area contributed by atoms with Crippen LogP contribution >= 0.6 is 0 Å². The standard InChI is InChI=1S/C8H13N5O2/c1-13(4-6(14)15)3-5-2-11-8(10)12-7(5)9/h2H,3-4H2,1H3,(H,14,15)(H4,9,10,11,12). The van der Waals surface area contributed by atoms with E-state index in [1.54, 1.807) is 11.9 Å². The van der Waals surface area contributed by atoms with Crippen LogP contribution < -0.4 is 11.5 Å². The molecule has 0 radical (unpaired) electrons. The second-order valence-corrected chi connectivity index (χ2v) is 3.20. The van der Waals surface area contributed by atoms with Crippen molar-refractivity contribution in [3.8, 4) is 0 Å². The Balaban J connectivity index is 2.68. The molecule has 0 saturated heterocycles. The van der Waals surface area contributed by atoms with Gasteiger partial charge in [0.15, 0.2) is 0 Å². The molecule has 0 aliphatic rings. The number of carboxylic acids is 1. The van der Waals surface area contributed by atoms with Gasteiger partial charge in [-0.25, -0.2) is 4.98 Å². The molecular formula is C8H13N5O2. The number of nitrogens with two attached hydrogens (primary N) is 2. The molecule has 0 bridgehead atoms. The summed E-state index contributed by atoms with van der Waals surface area (Å²) in [5, 5.41) is 8.55. The van der Waals surface area contributed by atoms with Gasteiger partial charge in [-0.15, -0.1) is 0 Å². The number of hydrogen-bond donors (Lipinski definition) is 3. The van der Waals surface area contributed by atoms with Gasteiger partial charge < -0.3 is 16.6 Å². The first-order valence-corrected chi connectivity index (χ1v) is 4.26. The number of aromatic nitrogens is 2. The lowest BCUT2D eigenvalue weighted by Gasteiger charge is -2.14. The number of anilines is 2. The number of likely N-dealkylation sites (N-methyl/N-ethyl adjacent to an activating group) is 1. The van der Waals surface area contributed by atoms with Gasteiger partial charge in [0.2, 0.25) is 5.95 Å². The minimum Gasteiger partial charge on any atom is -0.480 e. The molecule has 1 heterocycles. The molecule has 0 spiro atoms. The molecule has 0 amide bonds. The number of hydrogen-bond acceptors (Lipinski definition) is 6. The van der Waals surface area contributed by atoms with Crippen LogP contribution in [0.1, 0.15) is 5.56 Å². The third kappa shape index (κ3) is 3.39. The molecule has 0 fully saturated rings. The summed E-state index contributed by atoms with van der Waals surface area (Å²) in [5.74, 6) is -0.510. The van der Waals surface area contributed by atoms with E-state index in [-0.39, 0.29) is 18.3 Å². The first-order chi connectivity index (χ1) is 6.99. The molecule has 0 aliphatic heterocycles. The van der Waals surface area contributed by atoms with E-state index in [2.05, 4.69) is 9.97 Å². The highest BCUT2D eigenvalue weighted by Gasteiger charge is 2.08. The molecular weight excluding hydrogens is 198 g/mol. The Morgan fingerprint density at radius 2 is 2.27 bits per heavy atom. The minimum atomic E-state index is -0.896. The third-order valence-electron chi connectivity index (χ3n) is 1.76. The Kier molecular flexibility index (Phi) is 3.40. The SMILES string of the molecule is CN(CC(=O)O)Cc1cnc(N)nc1N. The van der Waals surface area contributed by atoms with E-state index in [1.165, 1.54) is 6.20 Å². The van der Waals surface area contributed by atoms with Gasteiger partial charge in [0, 0.05) is 18.3 Å². The second-order valence-electron chi connectivity index (χ2n) is 3.20. The van der Waals surface area contributed by atoms with Gasteiger partial charge in [0.25, 0.3) is 0 Å². The maximum Gasteiger partial charge on any atom is 0.317 e. The van der Waals surface area contributed by atoms with Crippen molar-refractivity contribution >= 4 is 17.7 Å². The normalized spacial score (nSPS) is 10.5. The summed E-state index contributed by atoms with van der Waals surface area (Å²) in [6.45, 7) is 0.308. The lowest BCUT2D eigenvalue weighted by Crippen LogP contribution is -2.25. The highest BCUT2D eigenvalue weighted by Crippen LogP contribution is 2.10. The number of rotatable bonds is 4. The predicted molar refractivity (Wildman–Crippen MR) is 54.8 cm³/mol. The maximum atomic E-state index is 10.4. The monoisotopic (exact) mass is 211 g/mol. The zero-order valence-electron chi connectivity index (χ0n) is 8.34. The lowest BCUT2D eigenvalue weighted by atomic mass is 10.3. The van der Waals surface area contributed by atoms with Crippen LogP contribution in [0.4, 0.5) is 11.8 Å². The summed E-state index contributed by atoms with van der Waals surface area (Å²) >= 11 is 0. The summed E-state index contributed by atoms with van der Waals surface area (Å²) in [6, 6.07) is 0. The van der Waals surface area contributed by atoms with Crippen LogP contribution in [0, 0.1) is 0 Å². The molecule has 0 atom stereocenters. The highest BCUT2D eigenvalue weighted by molar-refractivity contribution is 5.69. The van der Waals surface area contributed by atoms with Crippen molar-refractivity contribution in [1.29, 1.82) is 0 Å². The van der Waals surface area contributed by atoms with Crippen molar-refractivity contribution < 1.29 is 9.90 Å². The lowest BCUT2D eigenvalue weighted by molar-refractivity contribution is -0.138. The van der Waals surface area contributed by atoms with Gasteiger partial charge in [0.05, 0.1) is 6.54 Å². The zero-order chi connectivity index (χ0) is 11.4. The van der Waals surface area contributed by atoms with E-state index in [0.29, 0.717) is 12.1 Å². The smallest absolute Gasteiger partial charge is 0.317 e. The van der Waals surface area contributed by atoms with Gasteiger partial charge in [-0.05, 0) is 7.05 Å². The van der Waals surface area contributed by atoms with Crippen molar-refractivity contribution in [2.24, 2.45) is 0 Å². The average Bonchev–Trinajstić information content (AvgIpc) is 2.08. The molecule has 1 aromatic heterocycles. The fourth-order valence-electron chi connectivity index (χ4n) is 1.13. The largest absolute Gasteiger partial charge is 0.480 e. The Hall–Kier alpha value is -1.89. The Morgan fingerprint density at radius 1 is 1.60 bits per heavy atom. The van der Waals surface area contributed by atoms with Gasteiger partial charge >= 0.3 is 5.97 Å². The topological polar surface area (TPSA) is 118 Å². The van der Waals surface area contributed by atoms with E-state index in [1.807, 2.05) is 0 Å². The van der Waals surface area contributed by atoms with Crippen molar-refractivity contribution in [2.45, 2.75) is 6.54 Å². The number of carbonyl (C=O) groups is 1. The molecule has 7 nitrogen and oxygen atoms in total. The second kappa shape index (κ2) is 4.56. The van der Waals surface area contributed by atoms with Crippen LogP contribution in [0.5, 0.6) is 0 Å². The van der Waals surface area contributed by atoms with E-state index in [0.717, 1.165) is 0 Å². The summed E-state index contributed by atoms with van der Waals surface area (Å²) < 4.78 is 0. The molecule has 82 valence electrons. The molecule has 0 saturated carbocycles. The van der Waals surface area contributed by atoms with E-state index < -0.39 is 5.97 Å². The minimum absolute atomic E-state index is 0.0657. The fraction of sp³-hybridized carbons (Fsp3) is 0.375. The number of carboxylic acid groups (broad SMARTS) is 1. The molecule has 0 aliphatic carbocycles. The Labute approximate surface area is 86.7 Å². The quantitative estimate of drug-likeness (QED) is 0.594. The molecule has 0 aromatic carbocycles. The molecule has 7 heteroatoms. The fourth-order valence-corrected chi connectivity index (χ4v) is 1.13. The molecule has 0 unspecified atom stereocenters. The van der Waals surface area contributed by atoms with Crippen molar-refractivity contribution in [2.75, 3.05) is 25.1 Å². The Morgan fingerprint density at radius 3 is 2.80 bits per heavy atom. The molecule has 15 heavy (non-hydrogen) atoms. The van der Waals surface area contributed by atoms with Crippen LogP contribution in [0.25, 0.3) is 0 Å².